The standard InChI is InChI=1S/C15H23NO.C13H23NOSi.C6H12O.CH2Cl2.3CH4/c1-14(2)10-16(11-15(14,3)12-17)9-13-7-5-4-6-8-13;1-15-11-14(12-16(2,3)4)10-13-8-6-5-7-9-13;1-5(2)6(3)4-7;2-1-3;;;/h4-8,17H,9-12H2,1-3H3;5-9H,10-12H2,1-4H3;7H,4H2,1-3H3;1H2;3*1H4. The zero-order valence-corrected chi connectivity index (χ0v) is 31.1. The maximum atomic E-state index is 9.62. The maximum Gasteiger partial charge on any atom is 0.0986 e. The largest absolute Gasteiger partial charge is 0.396 e. The van der Waals surface area contributed by atoms with E-state index >= 15 is 0 Å². The summed E-state index contributed by atoms with van der Waals surface area (Å²) in [5.41, 5.74) is 5.18. The van der Waals surface area contributed by atoms with Crippen LogP contribution < -0.4 is 0 Å². The maximum absolute atomic E-state index is 9.62. The number of alkyl halides is 2. The number of methoxy groups -OCH3 is 1. The first-order valence-electron chi connectivity index (χ1n) is 15.1. The van der Waals surface area contributed by atoms with E-state index < -0.39 is 8.07 Å². The smallest absolute Gasteiger partial charge is 0.0986 e. The molecule has 1 atom stereocenters. The van der Waals surface area contributed by atoms with Crippen LogP contribution in [-0.4, -0.2) is 79.7 Å². The fraction of sp³-hybridized carbons (Fsp3) is 0.632. The Bertz CT molecular complexity index is 1010. The molecule has 0 aromatic heterocycles. The number of nitrogens with zero attached hydrogens (tertiary/aromatic N) is 2. The Morgan fingerprint density at radius 3 is 1.63 bits per heavy atom. The summed E-state index contributed by atoms with van der Waals surface area (Å²) in [6.07, 6.45) is 1.18. The van der Waals surface area contributed by atoms with Crippen LogP contribution in [-0.2, 0) is 17.8 Å². The fourth-order valence-electron chi connectivity index (χ4n) is 4.73. The predicted molar refractivity (Wildman–Crippen MR) is 211 cm³/mol. The molecule has 1 unspecified atom stereocenters. The molecule has 270 valence electrons. The Hall–Kier alpha value is -1.22. The summed E-state index contributed by atoms with van der Waals surface area (Å²) in [4.78, 5) is 4.84. The van der Waals surface area contributed by atoms with E-state index in [0.29, 0.717) is 0 Å². The van der Waals surface area contributed by atoms with Gasteiger partial charge in [-0.2, -0.15) is 0 Å². The van der Waals surface area contributed by atoms with Crippen LogP contribution in [0.3, 0.4) is 0 Å². The quantitative estimate of drug-likeness (QED) is 0.112. The van der Waals surface area contributed by atoms with E-state index in [0.717, 1.165) is 38.5 Å². The molecule has 0 radical (unpaired) electrons. The summed E-state index contributed by atoms with van der Waals surface area (Å²) in [5.74, 6) is 0. The second kappa shape index (κ2) is 26.7. The number of aliphatic hydroxyl groups excluding tert-OH is 2. The first-order valence-corrected chi connectivity index (χ1v) is 19.8. The number of ether oxygens (including phenoxy) is 1. The number of rotatable bonds is 10. The molecule has 0 bridgehead atoms. The normalized spacial score (nSPS) is 16.4. The van der Waals surface area contributed by atoms with Gasteiger partial charge in [-0.15, -0.1) is 23.2 Å². The lowest BCUT2D eigenvalue weighted by molar-refractivity contribution is 0.0657. The van der Waals surface area contributed by atoms with Gasteiger partial charge < -0.3 is 14.9 Å². The van der Waals surface area contributed by atoms with E-state index in [9.17, 15) is 5.11 Å². The number of allylic oxidation sites excluding steroid dienone is 1. The van der Waals surface area contributed by atoms with Gasteiger partial charge in [0, 0.05) is 38.7 Å². The number of benzene rings is 2. The van der Waals surface area contributed by atoms with Crippen molar-refractivity contribution < 1.29 is 14.9 Å². The summed E-state index contributed by atoms with van der Waals surface area (Å²) in [7, 11) is 0.701. The Labute approximate surface area is 297 Å². The van der Waals surface area contributed by atoms with Crippen molar-refractivity contribution >= 4 is 31.3 Å². The van der Waals surface area contributed by atoms with Crippen molar-refractivity contribution in [2.24, 2.45) is 10.8 Å². The van der Waals surface area contributed by atoms with Crippen molar-refractivity contribution in [3.8, 4) is 0 Å². The highest BCUT2D eigenvalue weighted by atomic mass is 35.5. The van der Waals surface area contributed by atoms with Gasteiger partial charge in [0.05, 0.1) is 33.4 Å². The monoisotopic (exact) mass is 702 g/mol. The van der Waals surface area contributed by atoms with Gasteiger partial charge >= 0.3 is 0 Å². The van der Waals surface area contributed by atoms with E-state index in [1.54, 1.807) is 7.11 Å². The third-order valence-electron chi connectivity index (χ3n) is 7.77. The minimum atomic E-state index is -1.07. The highest BCUT2D eigenvalue weighted by molar-refractivity contribution is 6.76. The van der Waals surface area contributed by atoms with Crippen LogP contribution in [0.1, 0.15) is 74.9 Å². The number of aliphatic hydroxyl groups is 2. The Morgan fingerprint density at radius 1 is 0.848 bits per heavy atom. The molecule has 5 nitrogen and oxygen atoms in total. The van der Waals surface area contributed by atoms with Gasteiger partial charge in [0.2, 0.25) is 0 Å². The Balaban J connectivity index is -0.000000284. The second-order valence-corrected chi connectivity index (χ2v) is 20.0. The van der Waals surface area contributed by atoms with Gasteiger partial charge in [-0.3, -0.25) is 9.80 Å². The highest BCUT2D eigenvalue weighted by Crippen LogP contribution is 2.45. The van der Waals surface area contributed by atoms with Crippen LogP contribution >= 0.6 is 23.2 Å². The topological polar surface area (TPSA) is 56.2 Å². The van der Waals surface area contributed by atoms with E-state index in [1.807, 2.05) is 20.8 Å². The number of likely N-dealkylation sites (tertiary alicyclic amines) is 1. The van der Waals surface area contributed by atoms with Crippen molar-refractivity contribution in [1.29, 1.82) is 0 Å². The molecule has 46 heavy (non-hydrogen) atoms. The Morgan fingerprint density at radius 2 is 1.30 bits per heavy atom. The van der Waals surface area contributed by atoms with E-state index in [2.05, 4.69) is 111 Å². The molecular formula is C38H72Cl2N2O3Si. The summed E-state index contributed by atoms with van der Waals surface area (Å²) in [6.45, 7) is 25.0. The molecule has 2 aromatic rings. The fourth-order valence-corrected chi connectivity index (χ4v) is 6.28. The van der Waals surface area contributed by atoms with E-state index in [4.69, 9.17) is 33.0 Å². The van der Waals surface area contributed by atoms with Crippen LogP contribution in [0.25, 0.3) is 0 Å². The SMILES string of the molecule is C.C.C.CC(C)=C(C)CO.CC1(C)CN(Cc2ccccc2)CC1(C)CO.COCN(Cc1ccccc1)C[Si](C)(C)C.ClCCl. The van der Waals surface area contributed by atoms with Crippen molar-refractivity contribution in [2.45, 2.75) is 96.6 Å². The molecule has 1 aliphatic heterocycles. The van der Waals surface area contributed by atoms with Crippen molar-refractivity contribution in [1.82, 2.24) is 9.80 Å². The molecule has 3 rings (SSSR count). The summed E-state index contributed by atoms with van der Waals surface area (Å²) in [5, 5.41) is 18.3. The molecule has 0 spiro atoms. The van der Waals surface area contributed by atoms with Gasteiger partial charge in [0.25, 0.3) is 0 Å². The minimum Gasteiger partial charge on any atom is -0.396 e. The van der Waals surface area contributed by atoms with E-state index in [-0.39, 0.29) is 51.7 Å². The van der Waals surface area contributed by atoms with Gasteiger partial charge in [0.1, 0.15) is 0 Å². The third-order valence-corrected chi connectivity index (χ3v) is 9.17. The number of hydrogen-bond acceptors (Lipinski definition) is 5. The van der Waals surface area contributed by atoms with Gasteiger partial charge in [-0.25, -0.2) is 0 Å². The molecule has 1 saturated heterocycles. The molecule has 0 saturated carbocycles. The predicted octanol–water partition coefficient (Wildman–Crippen LogP) is 10.2. The first kappa shape index (κ1) is 51.6. The second-order valence-electron chi connectivity index (χ2n) is 13.7. The minimum absolute atomic E-state index is 0. The molecule has 1 aliphatic rings. The van der Waals surface area contributed by atoms with Crippen LogP contribution in [0, 0.1) is 10.8 Å². The summed E-state index contributed by atoms with van der Waals surface area (Å²) in [6, 6.07) is 21.1. The molecule has 2 N–H and O–H groups in total. The molecular weight excluding hydrogens is 631 g/mol. The van der Waals surface area contributed by atoms with Crippen LogP contribution in [0.2, 0.25) is 19.6 Å². The van der Waals surface area contributed by atoms with Crippen molar-refractivity contribution in [2.75, 3.05) is 51.7 Å². The lowest BCUT2D eigenvalue weighted by Gasteiger charge is -2.35. The molecule has 8 heteroatoms. The number of hydrogen-bond donors (Lipinski definition) is 2. The molecule has 1 heterocycles. The molecule has 2 aromatic carbocycles. The highest BCUT2D eigenvalue weighted by Gasteiger charge is 2.48. The Kier molecular flexibility index (Phi) is 30.0. The van der Waals surface area contributed by atoms with Crippen molar-refractivity contribution in [3.05, 3.63) is 82.9 Å². The van der Waals surface area contributed by atoms with Gasteiger partial charge in [-0.1, -0.05) is 129 Å². The lowest BCUT2D eigenvalue weighted by Crippen LogP contribution is -2.40. The van der Waals surface area contributed by atoms with Gasteiger partial charge in [-0.05, 0) is 49.1 Å². The average molecular weight is 704 g/mol. The average Bonchev–Trinajstić information content (AvgIpc) is 3.17. The zero-order valence-electron chi connectivity index (χ0n) is 28.6. The first-order chi connectivity index (χ1) is 20.1. The van der Waals surface area contributed by atoms with Crippen LogP contribution in [0.4, 0.5) is 0 Å². The number of halogens is 2. The van der Waals surface area contributed by atoms with Crippen LogP contribution in [0.5, 0.6) is 0 Å². The van der Waals surface area contributed by atoms with E-state index in [1.165, 1.54) is 22.9 Å². The third kappa shape index (κ3) is 21.6. The van der Waals surface area contributed by atoms with Crippen molar-refractivity contribution in [3.63, 3.8) is 0 Å². The van der Waals surface area contributed by atoms with Gasteiger partial charge in [0.15, 0.2) is 0 Å². The summed E-state index contributed by atoms with van der Waals surface area (Å²) < 4.78 is 5.27. The summed E-state index contributed by atoms with van der Waals surface area (Å²) >= 11 is 9.53. The van der Waals surface area contributed by atoms with Crippen LogP contribution in [0.15, 0.2) is 71.8 Å². The lowest BCUT2D eigenvalue weighted by atomic mass is 9.70. The molecule has 0 amide bonds. The molecule has 0 aliphatic carbocycles. The zero-order chi connectivity index (χ0) is 33.1. The molecule has 1 fully saturated rings.